The molecular formula is C8H7FN2O. The van der Waals surface area contributed by atoms with Gasteiger partial charge in [0.15, 0.2) is 0 Å². The predicted molar refractivity (Wildman–Crippen MR) is 42.0 cm³/mol. The second kappa shape index (κ2) is 2.57. The van der Waals surface area contributed by atoms with E-state index < -0.39 is 0 Å². The van der Waals surface area contributed by atoms with Crippen LogP contribution in [0.25, 0.3) is 11.0 Å². The van der Waals surface area contributed by atoms with Crippen molar-refractivity contribution < 1.29 is 9.50 Å². The molecule has 0 spiro atoms. The van der Waals surface area contributed by atoms with Crippen LogP contribution in [0.5, 0.6) is 0 Å². The average Bonchev–Trinajstić information content (AvgIpc) is 2.46. The normalized spacial score (nSPS) is 10.8. The number of aliphatic hydroxyl groups excluding tert-OH is 1. The number of halogens is 1. The van der Waals surface area contributed by atoms with E-state index in [1.165, 1.54) is 6.07 Å². The number of aromatic amines is 1. The third-order valence-electron chi connectivity index (χ3n) is 1.66. The van der Waals surface area contributed by atoms with Gasteiger partial charge in [-0.3, -0.25) is 0 Å². The van der Waals surface area contributed by atoms with Gasteiger partial charge in [-0.1, -0.05) is 0 Å². The van der Waals surface area contributed by atoms with E-state index in [1.54, 1.807) is 6.07 Å². The molecule has 0 saturated carbocycles. The van der Waals surface area contributed by atoms with Gasteiger partial charge in [0.05, 0.1) is 12.8 Å². The maximum Gasteiger partial charge on any atom is 0.142 e. The van der Waals surface area contributed by atoms with Gasteiger partial charge in [0, 0.05) is 11.1 Å². The quantitative estimate of drug-likeness (QED) is 0.668. The zero-order valence-corrected chi connectivity index (χ0v) is 6.21. The van der Waals surface area contributed by atoms with Crippen molar-refractivity contribution in [3.05, 3.63) is 29.8 Å². The van der Waals surface area contributed by atoms with Crippen molar-refractivity contribution in [1.82, 2.24) is 9.97 Å². The Bertz CT molecular complexity index is 410. The van der Waals surface area contributed by atoms with Crippen LogP contribution < -0.4 is 0 Å². The van der Waals surface area contributed by atoms with Crippen LogP contribution in [-0.2, 0) is 6.61 Å². The van der Waals surface area contributed by atoms with Crippen LogP contribution in [0.1, 0.15) is 5.69 Å². The molecule has 0 fully saturated rings. The number of pyridine rings is 1. The minimum Gasteiger partial charge on any atom is -0.390 e. The number of aliphatic hydroxyl groups is 1. The molecule has 0 unspecified atom stereocenters. The molecule has 0 atom stereocenters. The summed E-state index contributed by atoms with van der Waals surface area (Å²) in [7, 11) is 0. The van der Waals surface area contributed by atoms with Crippen molar-refractivity contribution in [2.45, 2.75) is 6.61 Å². The highest BCUT2D eigenvalue weighted by molar-refractivity contribution is 5.76. The average molecular weight is 166 g/mol. The Morgan fingerprint density at radius 3 is 3.08 bits per heavy atom. The number of H-pyrrole nitrogens is 1. The lowest BCUT2D eigenvalue weighted by Crippen LogP contribution is -1.81. The summed E-state index contributed by atoms with van der Waals surface area (Å²) in [6.07, 6.45) is 1.14. The van der Waals surface area contributed by atoms with Crippen LogP contribution in [0.4, 0.5) is 4.39 Å². The van der Waals surface area contributed by atoms with Crippen molar-refractivity contribution in [2.24, 2.45) is 0 Å². The first-order valence-corrected chi connectivity index (χ1v) is 3.53. The molecule has 2 N–H and O–H groups in total. The summed E-state index contributed by atoms with van der Waals surface area (Å²) in [5.41, 5.74) is 1.24. The SMILES string of the molecule is OCc1cc2cc(F)cnc2[nH]1. The highest BCUT2D eigenvalue weighted by atomic mass is 19.1. The molecule has 0 bridgehead atoms. The van der Waals surface area contributed by atoms with Gasteiger partial charge in [-0.05, 0) is 12.1 Å². The molecule has 2 aromatic rings. The second-order valence-corrected chi connectivity index (χ2v) is 2.54. The van der Waals surface area contributed by atoms with Gasteiger partial charge in [-0.15, -0.1) is 0 Å². The third-order valence-corrected chi connectivity index (χ3v) is 1.66. The number of nitrogens with one attached hydrogen (secondary N) is 1. The molecular weight excluding hydrogens is 159 g/mol. The molecule has 0 aromatic carbocycles. The first-order chi connectivity index (χ1) is 5.79. The van der Waals surface area contributed by atoms with Crippen LogP contribution >= 0.6 is 0 Å². The van der Waals surface area contributed by atoms with E-state index in [-0.39, 0.29) is 12.4 Å². The molecule has 3 nitrogen and oxygen atoms in total. The monoisotopic (exact) mass is 166 g/mol. The van der Waals surface area contributed by atoms with Gasteiger partial charge in [-0.2, -0.15) is 0 Å². The summed E-state index contributed by atoms with van der Waals surface area (Å²) in [4.78, 5) is 6.65. The largest absolute Gasteiger partial charge is 0.390 e. The minimum absolute atomic E-state index is 0.0853. The molecule has 0 aliphatic carbocycles. The number of hydrogen-bond donors (Lipinski definition) is 2. The highest BCUT2D eigenvalue weighted by Gasteiger charge is 2.01. The van der Waals surface area contributed by atoms with Crippen LogP contribution in [0, 0.1) is 5.82 Å². The fraction of sp³-hybridized carbons (Fsp3) is 0.125. The molecule has 0 amide bonds. The Morgan fingerprint density at radius 2 is 2.33 bits per heavy atom. The molecule has 2 aromatic heterocycles. The summed E-state index contributed by atoms with van der Waals surface area (Å²) in [6, 6.07) is 3.05. The van der Waals surface area contributed by atoms with Crippen molar-refractivity contribution in [1.29, 1.82) is 0 Å². The molecule has 2 rings (SSSR count). The first kappa shape index (κ1) is 7.24. The fourth-order valence-electron chi connectivity index (χ4n) is 1.13. The van der Waals surface area contributed by atoms with Gasteiger partial charge >= 0.3 is 0 Å². The molecule has 2 heterocycles. The predicted octanol–water partition coefficient (Wildman–Crippen LogP) is 1.19. The molecule has 0 aliphatic heterocycles. The third kappa shape index (κ3) is 1.06. The fourth-order valence-corrected chi connectivity index (χ4v) is 1.13. The summed E-state index contributed by atoms with van der Waals surface area (Å²) in [5.74, 6) is -0.369. The Morgan fingerprint density at radius 1 is 1.50 bits per heavy atom. The number of nitrogens with zero attached hydrogens (tertiary/aromatic N) is 1. The van der Waals surface area contributed by atoms with E-state index in [2.05, 4.69) is 9.97 Å². The Hall–Kier alpha value is -1.42. The van der Waals surface area contributed by atoms with Crippen molar-refractivity contribution in [2.75, 3.05) is 0 Å². The topological polar surface area (TPSA) is 48.9 Å². The van der Waals surface area contributed by atoms with E-state index >= 15 is 0 Å². The zero-order valence-electron chi connectivity index (χ0n) is 6.21. The minimum atomic E-state index is -0.369. The summed E-state index contributed by atoms with van der Waals surface area (Å²) < 4.78 is 12.6. The summed E-state index contributed by atoms with van der Waals surface area (Å²) in [5, 5.41) is 9.43. The van der Waals surface area contributed by atoms with E-state index in [9.17, 15) is 4.39 Å². The van der Waals surface area contributed by atoms with Crippen LogP contribution in [0.15, 0.2) is 18.3 Å². The molecule has 0 radical (unpaired) electrons. The smallest absolute Gasteiger partial charge is 0.142 e. The zero-order chi connectivity index (χ0) is 8.55. The standard InChI is InChI=1S/C8H7FN2O/c9-6-1-5-2-7(4-12)11-8(5)10-3-6/h1-3,12H,4H2,(H,10,11). The highest BCUT2D eigenvalue weighted by Crippen LogP contribution is 2.13. The van der Waals surface area contributed by atoms with Crippen LogP contribution in [-0.4, -0.2) is 15.1 Å². The maximum absolute atomic E-state index is 12.6. The van der Waals surface area contributed by atoms with Crippen molar-refractivity contribution >= 4 is 11.0 Å². The van der Waals surface area contributed by atoms with Gasteiger partial charge in [0.1, 0.15) is 11.5 Å². The lowest BCUT2D eigenvalue weighted by molar-refractivity contribution is 0.278. The second-order valence-electron chi connectivity index (χ2n) is 2.54. The van der Waals surface area contributed by atoms with Crippen LogP contribution in [0.3, 0.4) is 0 Å². The molecule has 0 saturated heterocycles. The number of hydrogen-bond acceptors (Lipinski definition) is 2. The first-order valence-electron chi connectivity index (χ1n) is 3.53. The molecule has 12 heavy (non-hydrogen) atoms. The lowest BCUT2D eigenvalue weighted by Gasteiger charge is -1.87. The lowest BCUT2D eigenvalue weighted by atomic mass is 10.3. The van der Waals surface area contributed by atoms with E-state index in [1.807, 2.05) is 0 Å². The van der Waals surface area contributed by atoms with E-state index in [0.29, 0.717) is 16.7 Å². The number of fused-ring (bicyclic) bond motifs is 1. The Labute approximate surface area is 67.9 Å². The molecule has 0 aliphatic rings. The van der Waals surface area contributed by atoms with Gasteiger partial charge in [0.25, 0.3) is 0 Å². The van der Waals surface area contributed by atoms with Gasteiger partial charge in [0.2, 0.25) is 0 Å². The van der Waals surface area contributed by atoms with Crippen LogP contribution in [0.2, 0.25) is 0 Å². The molecule has 4 heteroatoms. The van der Waals surface area contributed by atoms with Crippen molar-refractivity contribution in [3.8, 4) is 0 Å². The summed E-state index contributed by atoms with van der Waals surface area (Å²) in [6.45, 7) is -0.0853. The number of rotatable bonds is 1. The summed E-state index contributed by atoms with van der Waals surface area (Å²) >= 11 is 0. The Kier molecular flexibility index (Phi) is 1.55. The number of aromatic nitrogens is 2. The van der Waals surface area contributed by atoms with Gasteiger partial charge < -0.3 is 10.1 Å². The van der Waals surface area contributed by atoms with E-state index in [0.717, 1.165) is 6.20 Å². The maximum atomic E-state index is 12.6. The Balaban J connectivity index is 2.67. The van der Waals surface area contributed by atoms with E-state index in [4.69, 9.17) is 5.11 Å². The van der Waals surface area contributed by atoms with Crippen molar-refractivity contribution in [3.63, 3.8) is 0 Å². The molecule has 62 valence electrons. The van der Waals surface area contributed by atoms with Gasteiger partial charge in [-0.25, -0.2) is 9.37 Å².